The molecule has 8 nitrogen and oxygen atoms in total. The van der Waals surface area contributed by atoms with Crippen molar-refractivity contribution in [2.45, 2.75) is 25.2 Å². The van der Waals surface area contributed by atoms with E-state index >= 15 is 0 Å². The number of carbonyl (C=O) groups is 1. The number of aromatic amines is 1. The zero-order chi connectivity index (χ0) is 18.8. The molecule has 0 saturated heterocycles. The van der Waals surface area contributed by atoms with Crippen molar-refractivity contribution in [3.63, 3.8) is 0 Å². The van der Waals surface area contributed by atoms with Crippen LogP contribution in [0.5, 0.6) is 0 Å². The largest absolute Gasteiger partial charge is 0.327 e. The van der Waals surface area contributed by atoms with E-state index in [0.29, 0.717) is 13.0 Å². The number of nitrogens with one attached hydrogen (secondary N) is 2. The second kappa shape index (κ2) is 7.42. The van der Waals surface area contributed by atoms with E-state index in [4.69, 9.17) is 16.7 Å². The second-order valence-electron chi connectivity index (χ2n) is 5.70. The van der Waals surface area contributed by atoms with Crippen LogP contribution in [0, 0.1) is 13.8 Å². The van der Waals surface area contributed by atoms with Crippen molar-refractivity contribution in [1.82, 2.24) is 15.1 Å². The van der Waals surface area contributed by atoms with Crippen molar-refractivity contribution in [3.8, 4) is 0 Å². The zero-order valence-corrected chi connectivity index (χ0v) is 15.7. The Morgan fingerprint density at radius 2 is 2.08 bits per heavy atom. The van der Waals surface area contributed by atoms with Gasteiger partial charge in [0, 0.05) is 19.3 Å². The van der Waals surface area contributed by atoms with Crippen molar-refractivity contribution >= 4 is 33.3 Å². The predicted molar refractivity (Wildman–Crippen MR) is 96.2 cm³/mol. The quantitative estimate of drug-likeness (QED) is 0.728. The Kier molecular flexibility index (Phi) is 5.71. The smallest absolute Gasteiger partial charge is 0.321 e. The average molecular weight is 386 g/mol. The van der Waals surface area contributed by atoms with Crippen LogP contribution >= 0.6 is 11.6 Å². The number of hydrogen-bond acceptors (Lipinski definition) is 4. The number of hydrogen-bond donors (Lipinski definition) is 3. The molecular weight excluding hydrogens is 366 g/mol. The van der Waals surface area contributed by atoms with Crippen LogP contribution in [0.25, 0.3) is 0 Å². The van der Waals surface area contributed by atoms with Crippen LogP contribution in [0.2, 0.25) is 5.02 Å². The monoisotopic (exact) mass is 385 g/mol. The molecule has 0 unspecified atom stereocenters. The Balaban J connectivity index is 2.06. The number of likely N-dealkylation sites (N-methyl/N-ethyl adjacent to an activating group) is 1. The fourth-order valence-electron chi connectivity index (χ4n) is 2.31. The van der Waals surface area contributed by atoms with E-state index in [9.17, 15) is 13.2 Å². The molecule has 2 amide bonds. The third kappa shape index (κ3) is 4.71. The molecule has 0 radical (unpaired) electrons. The molecule has 0 fully saturated rings. The van der Waals surface area contributed by atoms with Crippen LogP contribution in [0.15, 0.2) is 23.1 Å². The van der Waals surface area contributed by atoms with Crippen molar-refractivity contribution in [2.75, 3.05) is 18.9 Å². The van der Waals surface area contributed by atoms with Crippen LogP contribution < -0.4 is 10.5 Å². The van der Waals surface area contributed by atoms with E-state index in [1.807, 2.05) is 13.8 Å². The van der Waals surface area contributed by atoms with Gasteiger partial charge >= 0.3 is 6.03 Å². The van der Waals surface area contributed by atoms with Crippen molar-refractivity contribution < 1.29 is 13.2 Å². The lowest BCUT2D eigenvalue weighted by Crippen LogP contribution is -2.33. The molecule has 1 heterocycles. The average Bonchev–Trinajstić information content (AvgIpc) is 2.84. The number of aromatic nitrogens is 2. The summed E-state index contributed by atoms with van der Waals surface area (Å²) in [6, 6.07) is 3.47. The van der Waals surface area contributed by atoms with Crippen LogP contribution in [0.1, 0.15) is 17.0 Å². The highest BCUT2D eigenvalue weighted by atomic mass is 35.5. The standard InChI is InChI=1S/C15H20ClN5O3S/c1-9-12(10(2)20-19-9)6-7-21(3)15(22)18-14-8-11(25(17,23)24)4-5-13(14)16/h4-5,8H,6-7H2,1-3H3,(H,18,22)(H,19,20)(H2,17,23,24). The molecule has 25 heavy (non-hydrogen) atoms. The molecule has 0 bridgehead atoms. The maximum absolute atomic E-state index is 12.3. The summed E-state index contributed by atoms with van der Waals surface area (Å²) in [5, 5.41) is 14.9. The molecule has 1 aromatic carbocycles. The Bertz CT molecular complexity index is 875. The molecule has 0 aliphatic rings. The molecule has 0 saturated carbocycles. The van der Waals surface area contributed by atoms with E-state index in [0.717, 1.165) is 17.0 Å². The summed E-state index contributed by atoms with van der Waals surface area (Å²) < 4.78 is 22.8. The van der Waals surface area contributed by atoms with Gasteiger partial charge in [0.2, 0.25) is 10.0 Å². The summed E-state index contributed by atoms with van der Waals surface area (Å²) in [6.45, 7) is 4.28. The maximum Gasteiger partial charge on any atom is 0.321 e. The lowest BCUT2D eigenvalue weighted by atomic mass is 10.1. The Morgan fingerprint density at radius 3 is 2.64 bits per heavy atom. The number of primary sulfonamides is 1. The van der Waals surface area contributed by atoms with Gasteiger partial charge in [-0.2, -0.15) is 5.10 Å². The lowest BCUT2D eigenvalue weighted by molar-refractivity contribution is 0.223. The van der Waals surface area contributed by atoms with Crippen LogP contribution in [-0.2, 0) is 16.4 Å². The van der Waals surface area contributed by atoms with E-state index in [-0.39, 0.29) is 15.6 Å². The molecule has 0 aliphatic heterocycles. The Hall–Kier alpha value is -2.10. The third-order valence-corrected chi connectivity index (χ3v) is 5.07. The fourth-order valence-corrected chi connectivity index (χ4v) is 3.02. The third-order valence-electron chi connectivity index (χ3n) is 3.83. The molecule has 4 N–H and O–H groups in total. The van der Waals surface area contributed by atoms with E-state index in [2.05, 4.69) is 15.5 Å². The van der Waals surface area contributed by atoms with Gasteiger partial charge in [0.1, 0.15) is 0 Å². The van der Waals surface area contributed by atoms with Crippen LogP contribution in [0.4, 0.5) is 10.5 Å². The molecule has 1 aromatic heterocycles. The number of rotatable bonds is 5. The minimum Gasteiger partial charge on any atom is -0.327 e. The lowest BCUT2D eigenvalue weighted by Gasteiger charge is -2.19. The van der Waals surface area contributed by atoms with Gasteiger partial charge in [-0.05, 0) is 44.0 Å². The number of nitrogens with two attached hydrogens (primary N) is 1. The van der Waals surface area contributed by atoms with Gasteiger partial charge in [0.15, 0.2) is 0 Å². The SMILES string of the molecule is Cc1n[nH]c(C)c1CCN(C)C(=O)Nc1cc(S(N)(=O)=O)ccc1Cl. The number of benzene rings is 1. The fraction of sp³-hybridized carbons (Fsp3) is 0.333. The first-order valence-corrected chi connectivity index (χ1v) is 9.37. The van der Waals surface area contributed by atoms with E-state index < -0.39 is 16.1 Å². The van der Waals surface area contributed by atoms with Gasteiger partial charge in [0.05, 0.1) is 21.3 Å². The highest BCUT2D eigenvalue weighted by Gasteiger charge is 2.15. The maximum atomic E-state index is 12.3. The van der Waals surface area contributed by atoms with Gasteiger partial charge in [0.25, 0.3) is 0 Å². The van der Waals surface area contributed by atoms with Gasteiger partial charge in [-0.1, -0.05) is 11.6 Å². The first kappa shape index (κ1) is 19.2. The molecular formula is C15H20ClN5O3S. The van der Waals surface area contributed by atoms with Crippen LogP contribution in [-0.4, -0.2) is 43.1 Å². The van der Waals surface area contributed by atoms with Crippen molar-refractivity contribution in [1.29, 1.82) is 0 Å². The summed E-state index contributed by atoms with van der Waals surface area (Å²) in [5.41, 5.74) is 3.11. The van der Waals surface area contributed by atoms with Gasteiger partial charge in [-0.25, -0.2) is 18.4 Å². The van der Waals surface area contributed by atoms with Gasteiger partial charge in [-0.3, -0.25) is 5.10 Å². The minimum absolute atomic E-state index is 0.125. The summed E-state index contributed by atoms with van der Waals surface area (Å²) >= 11 is 6.01. The number of urea groups is 1. The summed E-state index contributed by atoms with van der Waals surface area (Å²) in [6.07, 6.45) is 0.642. The first-order valence-electron chi connectivity index (χ1n) is 7.44. The highest BCUT2D eigenvalue weighted by Crippen LogP contribution is 2.25. The van der Waals surface area contributed by atoms with Gasteiger partial charge in [-0.15, -0.1) is 0 Å². The topological polar surface area (TPSA) is 121 Å². The zero-order valence-electron chi connectivity index (χ0n) is 14.1. The molecule has 2 aromatic rings. The number of H-pyrrole nitrogens is 1. The van der Waals surface area contributed by atoms with Crippen molar-refractivity contribution in [2.24, 2.45) is 5.14 Å². The molecule has 136 valence electrons. The molecule has 2 rings (SSSR count). The number of halogens is 1. The second-order valence-corrected chi connectivity index (χ2v) is 7.67. The van der Waals surface area contributed by atoms with Crippen LogP contribution in [0.3, 0.4) is 0 Å². The number of anilines is 1. The summed E-state index contributed by atoms with van der Waals surface area (Å²) in [5.74, 6) is 0. The highest BCUT2D eigenvalue weighted by molar-refractivity contribution is 7.89. The molecule has 10 heteroatoms. The number of sulfonamides is 1. The van der Waals surface area contributed by atoms with E-state index in [1.165, 1.54) is 23.1 Å². The molecule has 0 aliphatic carbocycles. The number of aryl methyl sites for hydroxylation is 2. The molecule has 0 atom stereocenters. The first-order chi connectivity index (χ1) is 11.6. The number of carbonyl (C=O) groups excluding carboxylic acids is 1. The summed E-state index contributed by atoms with van der Waals surface area (Å²) in [4.78, 5) is 13.7. The summed E-state index contributed by atoms with van der Waals surface area (Å²) in [7, 11) is -2.25. The van der Waals surface area contributed by atoms with Crippen molar-refractivity contribution in [3.05, 3.63) is 40.2 Å². The Labute approximate surface area is 151 Å². The van der Waals surface area contributed by atoms with Gasteiger partial charge < -0.3 is 10.2 Å². The normalized spacial score (nSPS) is 11.4. The predicted octanol–water partition coefficient (Wildman–Crippen LogP) is 2.03. The minimum atomic E-state index is -3.88. The molecule has 0 spiro atoms. The number of nitrogens with zero attached hydrogens (tertiary/aromatic N) is 2. The number of amides is 2. The van der Waals surface area contributed by atoms with E-state index in [1.54, 1.807) is 7.05 Å². The Morgan fingerprint density at radius 1 is 1.40 bits per heavy atom.